The summed E-state index contributed by atoms with van der Waals surface area (Å²) in [4.78, 5) is 9.07. The van der Waals surface area contributed by atoms with Gasteiger partial charge in [-0.1, -0.05) is 6.92 Å². The van der Waals surface area contributed by atoms with Crippen LogP contribution in [0.25, 0.3) is 0 Å². The molecule has 5 heteroatoms. The van der Waals surface area contributed by atoms with Gasteiger partial charge >= 0.3 is 0 Å². The van der Waals surface area contributed by atoms with E-state index in [2.05, 4.69) is 27.0 Å². The summed E-state index contributed by atoms with van der Waals surface area (Å²) in [5.74, 6) is -0.248. The molecule has 3 aliphatic rings. The van der Waals surface area contributed by atoms with E-state index in [1.807, 2.05) is 0 Å². The maximum Gasteiger partial charge on any atom is 0.141 e. The third-order valence-electron chi connectivity index (χ3n) is 4.41. The second-order valence-electron chi connectivity index (χ2n) is 5.77. The highest BCUT2D eigenvalue weighted by atomic mass is 19.1. The predicted molar refractivity (Wildman–Crippen MR) is 77.0 cm³/mol. The van der Waals surface area contributed by atoms with E-state index in [4.69, 9.17) is 0 Å². The van der Waals surface area contributed by atoms with E-state index < -0.39 is 0 Å². The van der Waals surface area contributed by atoms with Gasteiger partial charge in [-0.25, -0.2) is 4.39 Å². The molecule has 0 radical (unpaired) electrons. The third-order valence-corrected chi connectivity index (χ3v) is 4.41. The molecule has 110 valence electrons. The maximum absolute atomic E-state index is 13.5. The minimum Gasteiger partial charge on any atom is -0.309 e. The van der Waals surface area contributed by atoms with Gasteiger partial charge in [-0.15, -0.1) is 0 Å². The van der Waals surface area contributed by atoms with Gasteiger partial charge in [-0.05, 0) is 24.6 Å². The van der Waals surface area contributed by atoms with Gasteiger partial charge in [0.1, 0.15) is 5.82 Å². The minimum absolute atomic E-state index is 0.168. The van der Waals surface area contributed by atoms with Crippen molar-refractivity contribution in [1.82, 2.24) is 20.1 Å². The molecule has 0 amide bonds. The highest BCUT2D eigenvalue weighted by Crippen LogP contribution is 2.27. The Morgan fingerprint density at radius 2 is 2.15 bits per heavy atom. The first-order valence-electron chi connectivity index (χ1n) is 7.58. The molecule has 2 atom stereocenters. The molecule has 3 aliphatic heterocycles. The van der Waals surface area contributed by atoms with Gasteiger partial charge in [0, 0.05) is 45.0 Å². The Labute approximate surface area is 120 Å². The fourth-order valence-corrected chi connectivity index (χ4v) is 3.35. The average Bonchev–Trinajstić information content (AvgIpc) is 2.49. The second-order valence-corrected chi connectivity index (χ2v) is 5.77. The molecular weight excluding hydrogens is 255 g/mol. The smallest absolute Gasteiger partial charge is 0.141 e. The summed E-state index contributed by atoms with van der Waals surface area (Å²) in [6.07, 6.45) is 4.15. The van der Waals surface area contributed by atoms with Crippen LogP contribution < -0.4 is 5.32 Å². The number of nitrogens with zero attached hydrogens (tertiary/aromatic N) is 3. The quantitative estimate of drug-likeness (QED) is 0.879. The molecule has 2 unspecified atom stereocenters. The number of aromatic nitrogens is 1. The van der Waals surface area contributed by atoms with E-state index in [0.29, 0.717) is 6.04 Å². The van der Waals surface area contributed by atoms with Gasteiger partial charge in [0.15, 0.2) is 0 Å². The molecule has 1 N–H and O–H groups in total. The SMILES string of the molecule is CCCNC(c1cncc(F)c1)C1CN2CCN1CC2. The Morgan fingerprint density at radius 1 is 1.35 bits per heavy atom. The molecule has 3 saturated heterocycles. The van der Waals surface area contributed by atoms with Crippen LogP contribution in [0.3, 0.4) is 0 Å². The summed E-state index contributed by atoms with van der Waals surface area (Å²) < 4.78 is 13.5. The zero-order chi connectivity index (χ0) is 13.9. The Kier molecular flexibility index (Phi) is 4.29. The topological polar surface area (TPSA) is 31.4 Å². The van der Waals surface area contributed by atoms with Crippen molar-refractivity contribution in [2.24, 2.45) is 0 Å². The standard InChI is InChI=1S/C15H23FN4/c1-2-3-18-15(12-8-13(16)10-17-9-12)14-11-19-4-6-20(14)7-5-19/h8-10,14-15,18H,2-7,11H2,1H3. The van der Waals surface area contributed by atoms with Crippen LogP contribution in [0, 0.1) is 5.82 Å². The lowest BCUT2D eigenvalue weighted by atomic mass is 9.94. The number of halogens is 1. The van der Waals surface area contributed by atoms with E-state index in [9.17, 15) is 4.39 Å². The van der Waals surface area contributed by atoms with Crippen LogP contribution in [-0.2, 0) is 0 Å². The van der Waals surface area contributed by atoms with Crippen molar-refractivity contribution >= 4 is 0 Å². The van der Waals surface area contributed by atoms with Crippen LogP contribution >= 0.6 is 0 Å². The fraction of sp³-hybridized carbons (Fsp3) is 0.667. The summed E-state index contributed by atoms with van der Waals surface area (Å²) in [7, 11) is 0. The van der Waals surface area contributed by atoms with Crippen molar-refractivity contribution in [2.75, 3.05) is 39.3 Å². The molecule has 20 heavy (non-hydrogen) atoms. The van der Waals surface area contributed by atoms with Gasteiger partial charge < -0.3 is 5.32 Å². The van der Waals surface area contributed by atoms with Crippen molar-refractivity contribution in [3.63, 3.8) is 0 Å². The summed E-state index contributed by atoms with van der Waals surface area (Å²) in [5, 5.41) is 3.59. The molecule has 0 spiro atoms. The Bertz CT molecular complexity index is 445. The van der Waals surface area contributed by atoms with E-state index in [1.54, 1.807) is 12.3 Å². The normalized spacial score (nSPS) is 30.4. The predicted octanol–water partition coefficient (Wildman–Crippen LogP) is 1.26. The fourth-order valence-electron chi connectivity index (χ4n) is 3.35. The third kappa shape index (κ3) is 2.85. The summed E-state index contributed by atoms with van der Waals surface area (Å²) >= 11 is 0. The van der Waals surface area contributed by atoms with Gasteiger partial charge in [0.05, 0.1) is 12.2 Å². The van der Waals surface area contributed by atoms with Crippen molar-refractivity contribution in [1.29, 1.82) is 0 Å². The summed E-state index contributed by atoms with van der Waals surface area (Å²) in [5.41, 5.74) is 0.970. The van der Waals surface area contributed by atoms with Crippen molar-refractivity contribution in [2.45, 2.75) is 25.4 Å². The molecule has 1 aromatic heterocycles. The van der Waals surface area contributed by atoms with Gasteiger partial charge in [0.25, 0.3) is 0 Å². The van der Waals surface area contributed by atoms with E-state index >= 15 is 0 Å². The molecule has 0 saturated carbocycles. The lowest BCUT2D eigenvalue weighted by Gasteiger charge is -2.50. The first kappa shape index (κ1) is 13.9. The maximum atomic E-state index is 13.5. The molecule has 2 bridgehead atoms. The molecule has 0 aromatic carbocycles. The number of fused-ring (bicyclic) bond motifs is 3. The van der Waals surface area contributed by atoms with Crippen LogP contribution in [0.15, 0.2) is 18.5 Å². The highest BCUT2D eigenvalue weighted by molar-refractivity contribution is 5.18. The molecular formula is C15H23FN4. The van der Waals surface area contributed by atoms with E-state index in [1.165, 1.54) is 19.3 Å². The molecule has 4 heterocycles. The Hall–Kier alpha value is -1.04. The molecule has 4 rings (SSSR count). The number of pyridine rings is 1. The van der Waals surface area contributed by atoms with E-state index in [0.717, 1.165) is 38.2 Å². The largest absolute Gasteiger partial charge is 0.309 e. The lowest BCUT2D eigenvalue weighted by molar-refractivity contribution is -0.00373. The molecule has 1 aromatic rings. The van der Waals surface area contributed by atoms with Crippen LogP contribution in [-0.4, -0.2) is 60.1 Å². The van der Waals surface area contributed by atoms with Gasteiger partial charge in [-0.2, -0.15) is 0 Å². The lowest BCUT2D eigenvalue weighted by Crippen LogP contribution is -2.64. The number of rotatable bonds is 5. The number of hydrogen-bond acceptors (Lipinski definition) is 4. The highest BCUT2D eigenvalue weighted by Gasteiger charge is 2.37. The molecule has 0 aliphatic carbocycles. The van der Waals surface area contributed by atoms with Crippen LogP contribution in [0.5, 0.6) is 0 Å². The summed E-state index contributed by atoms with van der Waals surface area (Å²) in [6, 6.07) is 2.22. The second kappa shape index (κ2) is 6.16. The van der Waals surface area contributed by atoms with Crippen LogP contribution in [0.1, 0.15) is 24.9 Å². The molecule has 3 fully saturated rings. The van der Waals surface area contributed by atoms with Gasteiger partial charge in [-0.3, -0.25) is 14.8 Å². The first-order chi connectivity index (χ1) is 9.78. The van der Waals surface area contributed by atoms with Crippen molar-refractivity contribution in [3.05, 3.63) is 29.8 Å². The van der Waals surface area contributed by atoms with Crippen molar-refractivity contribution < 1.29 is 4.39 Å². The zero-order valence-corrected chi connectivity index (χ0v) is 12.1. The van der Waals surface area contributed by atoms with Crippen LogP contribution in [0.2, 0.25) is 0 Å². The Balaban J connectivity index is 1.82. The Morgan fingerprint density at radius 3 is 2.75 bits per heavy atom. The number of hydrogen-bond donors (Lipinski definition) is 1. The first-order valence-corrected chi connectivity index (χ1v) is 7.58. The monoisotopic (exact) mass is 278 g/mol. The molecule has 4 nitrogen and oxygen atoms in total. The zero-order valence-electron chi connectivity index (χ0n) is 12.1. The van der Waals surface area contributed by atoms with Gasteiger partial charge in [0.2, 0.25) is 0 Å². The van der Waals surface area contributed by atoms with Crippen molar-refractivity contribution in [3.8, 4) is 0 Å². The number of nitrogens with one attached hydrogen (secondary N) is 1. The van der Waals surface area contributed by atoms with E-state index in [-0.39, 0.29) is 11.9 Å². The number of piperazine rings is 3. The minimum atomic E-state index is -0.248. The van der Waals surface area contributed by atoms with Crippen LogP contribution in [0.4, 0.5) is 4.39 Å². The summed E-state index contributed by atoms with van der Waals surface area (Å²) in [6.45, 7) is 8.75. The average molecular weight is 278 g/mol.